The fraction of sp³-hybridized carbons (Fsp3) is 0.421. The van der Waals surface area contributed by atoms with Crippen LogP contribution in [0.5, 0.6) is 0 Å². The quantitative estimate of drug-likeness (QED) is 0.664. The molecule has 0 bridgehead atoms. The van der Waals surface area contributed by atoms with Gasteiger partial charge in [-0.3, -0.25) is 0 Å². The largest absolute Gasteiger partial charge is 0.347 e. The standard InChI is InChI=1S/C19H22ClN5S/c1-24-11-8-21-17(24)12-15-6-9-25(10-7-15)19-23-22-18(26-19)13-14-2-4-16(20)5-3-14/h2-5,8,11,15H,6-7,9-10,12-13H2,1H3. The molecule has 5 nitrogen and oxygen atoms in total. The molecular formula is C19H22ClN5S. The van der Waals surface area contributed by atoms with Crippen molar-refractivity contribution in [2.24, 2.45) is 13.0 Å². The van der Waals surface area contributed by atoms with E-state index in [1.807, 2.05) is 36.7 Å². The Labute approximate surface area is 162 Å². The molecule has 0 N–H and O–H groups in total. The zero-order valence-electron chi connectivity index (χ0n) is 14.8. The van der Waals surface area contributed by atoms with E-state index in [2.05, 4.69) is 31.7 Å². The number of hydrogen-bond donors (Lipinski definition) is 0. The van der Waals surface area contributed by atoms with Crippen LogP contribution in [0, 0.1) is 5.92 Å². The first-order valence-electron chi connectivity index (χ1n) is 8.95. The molecule has 26 heavy (non-hydrogen) atoms. The van der Waals surface area contributed by atoms with Crippen LogP contribution in [0.25, 0.3) is 0 Å². The fourth-order valence-corrected chi connectivity index (χ4v) is 4.45. The van der Waals surface area contributed by atoms with E-state index in [1.54, 1.807) is 11.3 Å². The van der Waals surface area contributed by atoms with Gasteiger partial charge >= 0.3 is 0 Å². The Morgan fingerprint density at radius 1 is 1.15 bits per heavy atom. The first kappa shape index (κ1) is 17.5. The van der Waals surface area contributed by atoms with E-state index in [-0.39, 0.29) is 0 Å². The number of nitrogens with zero attached hydrogens (tertiary/aromatic N) is 5. The van der Waals surface area contributed by atoms with Crippen LogP contribution in [-0.4, -0.2) is 32.8 Å². The van der Waals surface area contributed by atoms with Crippen molar-refractivity contribution < 1.29 is 0 Å². The van der Waals surface area contributed by atoms with Crippen molar-refractivity contribution in [1.29, 1.82) is 0 Å². The lowest BCUT2D eigenvalue weighted by molar-refractivity contribution is 0.393. The van der Waals surface area contributed by atoms with Crippen LogP contribution in [0.3, 0.4) is 0 Å². The van der Waals surface area contributed by atoms with Crippen LogP contribution >= 0.6 is 22.9 Å². The minimum absolute atomic E-state index is 0.703. The highest BCUT2D eigenvalue weighted by Gasteiger charge is 2.23. The summed E-state index contributed by atoms with van der Waals surface area (Å²) in [7, 11) is 2.07. The van der Waals surface area contributed by atoms with E-state index < -0.39 is 0 Å². The fourth-order valence-electron chi connectivity index (χ4n) is 3.40. The van der Waals surface area contributed by atoms with Gasteiger partial charge < -0.3 is 9.47 Å². The Morgan fingerprint density at radius 2 is 1.92 bits per heavy atom. The molecule has 0 saturated carbocycles. The van der Waals surface area contributed by atoms with E-state index in [9.17, 15) is 0 Å². The maximum atomic E-state index is 5.95. The summed E-state index contributed by atoms with van der Waals surface area (Å²) < 4.78 is 2.13. The van der Waals surface area contributed by atoms with E-state index in [1.165, 1.54) is 24.2 Å². The van der Waals surface area contributed by atoms with Gasteiger partial charge in [0.2, 0.25) is 5.13 Å². The summed E-state index contributed by atoms with van der Waals surface area (Å²) in [6, 6.07) is 7.94. The van der Waals surface area contributed by atoms with E-state index >= 15 is 0 Å². The second-order valence-corrected chi connectivity index (χ2v) is 8.35. The van der Waals surface area contributed by atoms with Crippen molar-refractivity contribution >= 4 is 28.1 Å². The molecule has 1 aliphatic rings. The third-order valence-electron chi connectivity index (χ3n) is 5.00. The van der Waals surface area contributed by atoms with Gasteiger partial charge in [-0.15, -0.1) is 10.2 Å². The lowest BCUT2D eigenvalue weighted by Crippen LogP contribution is -2.34. The summed E-state index contributed by atoms with van der Waals surface area (Å²) >= 11 is 7.65. The normalized spacial score (nSPS) is 15.5. The average molecular weight is 388 g/mol. The van der Waals surface area contributed by atoms with Gasteiger partial charge in [0.15, 0.2) is 0 Å². The molecule has 0 amide bonds. The first-order chi connectivity index (χ1) is 12.7. The molecule has 4 rings (SSSR count). The van der Waals surface area contributed by atoms with Crippen LogP contribution in [0.4, 0.5) is 5.13 Å². The average Bonchev–Trinajstić information content (AvgIpc) is 3.27. The zero-order chi connectivity index (χ0) is 17.9. The molecule has 0 atom stereocenters. The van der Waals surface area contributed by atoms with Crippen molar-refractivity contribution in [3.63, 3.8) is 0 Å². The zero-order valence-corrected chi connectivity index (χ0v) is 16.4. The number of rotatable bonds is 5. The molecule has 3 aromatic rings. The van der Waals surface area contributed by atoms with Gasteiger partial charge in [0.05, 0.1) is 0 Å². The van der Waals surface area contributed by atoms with Crippen LogP contribution in [0.2, 0.25) is 5.02 Å². The summed E-state index contributed by atoms with van der Waals surface area (Å²) in [6.07, 6.45) is 8.14. The second kappa shape index (κ2) is 7.76. The number of anilines is 1. The maximum absolute atomic E-state index is 5.95. The summed E-state index contributed by atoms with van der Waals surface area (Å²) in [5.41, 5.74) is 1.21. The number of piperidine rings is 1. The van der Waals surface area contributed by atoms with Crippen LogP contribution < -0.4 is 4.90 Å². The highest BCUT2D eigenvalue weighted by molar-refractivity contribution is 7.15. The summed E-state index contributed by atoms with van der Waals surface area (Å²) in [5, 5.41) is 11.7. The first-order valence-corrected chi connectivity index (χ1v) is 10.1. The van der Waals surface area contributed by atoms with Gasteiger partial charge in [0.25, 0.3) is 0 Å². The lowest BCUT2D eigenvalue weighted by Gasteiger charge is -2.31. The predicted molar refractivity (Wildman–Crippen MR) is 106 cm³/mol. The molecule has 0 unspecified atom stereocenters. The number of benzene rings is 1. The third-order valence-corrected chi connectivity index (χ3v) is 6.24. The Morgan fingerprint density at radius 3 is 2.62 bits per heavy atom. The van der Waals surface area contributed by atoms with E-state index in [0.29, 0.717) is 5.92 Å². The molecule has 1 aromatic carbocycles. The van der Waals surface area contributed by atoms with E-state index in [0.717, 1.165) is 41.1 Å². The molecule has 0 aliphatic carbocycles. The van der Waals surface area contributed by atoms with Gasteiger partial charge in [-0.05, 0) is 36.5 Å². The molecule has 2 aromatic heterocycles. The summed E-state index contributed by atoms with van der Waals surface area (Å²) in [5.74, 6) is 1.89. The van der Waals surface area contributed by atoms with Crippen molar-refractivity contribution in [3.05, 3.63) is 58.1 Å². The molecule has 7 heteroatoms. The van der Waals surface area contributed by atoms with Gasteiger partial charge in [-0.25, -0.2) is 4.98 Å². The monoisotopic (exact) mass is 387 g/mol. The molecule has 1 aliphatic heterocycles. The van der Waals surface area contributed by atoms with Crippen LogP contribution in [-0.2, 0) is 19.9 Å². The Balaban J connectivity index is 1.32. The highest BCUT2D eigenvalue weighted by Crippen LogP contribution is 2.28. The molecule has 3 heterocycles. The summed E-state index contributed by atoms with van der Waals surface area (Å²) in [4.78, 5) is 6.83. The maximum Gasteiger partial charge on any atom is 0.208 e. The molecule has 136 valence electrons. The Kier molecular flexibility index (Phi) is 5.22. The SMILES string of the molecule is Cn1ccnc1CC1CCN(c2nnc(Cc3ccc(Cl)cc3)s2)CC1. The van der Waals surface area contributed by atoms with Gasteiger partial charge in [-0.2, -0.15) is 0 Å². The molecular weight excluding hydrogens is 366 g/mol. The predicted octanol–water partition coefficient (Wildman–Crippen LogP) is 3.97. The molecule has 0 radical (unpaired) electrons. The van der Waals surface area contributed by atoms with Crippen molar-refractivity contribution in [3.8, 4) is 0 Å². The molecule has 1 fully saturated rings. The second-order valence-electron chi connectivity index (χ2n) is 6.87. The van der Waals surface area contributed by atoms with Crippen LogP contribution in [0.1, 0.15) is 29.2 Å². The number of imidazole rings is 1. The number of aromatic nitrogens is 4. The third kappa shape index (κ3) is 4.07. The van der Waals surface area contributed by atoms with Crippen molar-refractivity contribution in [2.45, 2.75) is 25.7 Å². The van der Waals surface area contributed by atoms with Crippen LogP contribution in [0.15, 0.2) is 36.7 Å². The summed E-state index contributed by atoms with van der Waals surface area (Å²) in [6.45, 7) is 2.09. The smallest absolute Gasteiger partial charge is 0.208 e. The van der Waals surface area contributed by atoms with Crippen molar-refractivity contribution in [2.75, 3.05) is 18.0 Å². The number of hydrogen-bond acceptors (Lipinski definition) is 5. The minimum atomic E-state index is 0.703. The Hall–Kier alpha value is -1.92. The minimum Gasteiger partial charge on any atom is -0.347 e. The van der Waals surface area contributed by atoms with E-state index in [4.69, 9.17) is 11.6 Å². The Bertz CT molecular complexity index is 849. The number of aryl methyl sites for hydroxylation is 1. The van der Waals surface area contributed by atoms with Gasteiger partial charge in [0.1, 0.15) is 10.8 Å². The van der Waals surface area contributed by atoms with Crippen molar-refractivity contribution in [1.82, 2.24) is 19.7 Å². The molecule has 0 spiro atoms. The number of halogens is 1. The lowest BCUT2D eigenvalue weighted by atomic mass is 9.93. The topological polar surface area (TPSA) is 46.8 Å². The van der Waals surface area contributed by atoms with Gasteiger partial charge in [0, 0.05) is 50.4 Å². The molecule has 1 saturated heterocycles. The van der Waals surface area contributed by atoms with Gasteiger partial charge in [-0.1, -0.05) is 35.1 Å². The highest BCUT2D eigenvalue weighted by atomic mass is 35.5.